The van der Waals surface area contributed by atoms with E-state index in [9.17, 15) is 0 Å². The average molecular weight is 310 g/mol. The standard InChI is InChI=1S/C8H14N2O.C6H12N4.CH4/c1-6-10(5)7(9-11-6)8(2,3)4;1-6(2,3)5-7-8-9-10(5)4;/h1H2,2-5H3;1-4H3;1H4. The highest BCUT2D eigenvalue weighted by atomic mass is 16.7. The van der Waals surface area contributed by atoms with Gasteiger partial charge in [-0.1, -0.05) is 54.1 Å². The van der Waals surface area contributed by atoms with Crippen molar-refractivity contribution in [3.8, 4) is 0 Å². The fourth-order valence-electron chi connectivity index (χ4n) is 1.84. The summed E-state index contributed by atoms with van der Waals surface area (Å²) in [7, 11) is 3.75. The predicted octanol–water partition coefficient (Wildman–Crippen LogP) is 2.92. The van der Waals surface area contributed by atoms with E-state index in [0.29, 0.717) is 5.88 Å². The Morgan fingerprint density at radius 1 is 1.00 bits per heavy atom. The van der Waals surface area contributed by atoms with Gasteiger partial charge in [0.25, 0.3) is 0 Å². The Morgan fingerprint density at radius 2 is 1.55 bits per heavy atom. The molecule has 7 heteroatoms. The monoisotopic (exact) mass is 310 g/mol. The fraction of sp³-hybridized carbons (Fsp3) is 0.733. The molecule has 0 amide bonds. The van der Waals surface area contributed by atoms with Crippen LogP contribution in [0.2, 0.25) is 0 Å². The maximum atomic E-state index is 4.92. The second-order valence-corrected chi connectivity index (χ2v) is 7.09. The van der Waals surface area contributed by atoms with Crippen molar-refractivity contribution >= 4 is 5.84 Å². The summed E-state index contributed by atoms with van der Waals surface area (Å²) in [5, 5.41) is 15.1. The van der Waals surface area contributed by atoms with Gasteiger partial charge in [0.1, 0.15) is 0 Å². The van der Waals surface area contributed by atoms with Crippen molar-refractivity contribution in [1.29, 1.82) is 0 Å². The van der Waals surface area contributed by atoms with Gasteiger partial charge in [-0.2, -0.15) is 0 Å². The molecule has 0 N–H and O–H groups in total. The van der Waals surface area contributed by atoms with Crippen LogP contribution in [-0.2, 0) is 17.3 Å². The lowest BCUT2D eigenvalue weighted by molar-refractivity contribution is 0.209. The Kier molecular flexibility index (Phi) is 6.29. The maximum absolute atomic E-state index is 4.92. The number of aryl methyl sites for hydroxylation is 1. The Bertz CT molecular complexity index is 533. The van der Waals surface area contributed by atoms with E-state index in [4.69, 9.17) is 4.84 Å². The van der Waals surface area contributed by atoms with E-state index in [0.717, 1.165) is 11.7 Å². The number of rotatable bonds is 0. The van der Waals surface area contributed by atoms with Crippen molar-refractivity contribution in [1.82, 2.24) is 25.1 Å². The van der Waals surface area contributed by atoms with Crippen LogP contribution in [0.1, 0.15) is 54.8 Å². The molecule has 0 unspecified atom stereocenters. The van der Waals surface area contributed by atoms with E-state index in [-0.39, 0.29) is 18.3 Å². The van der Waals surface area contributed by atoms with E-state index in [1.807, 2.05) is 19.0 Å². The molecular weight excluding hydrogens is 280 g/mol. The molecule has 1 aliphatic rings. The van der Waals surface area contributed by atoms with Gasteiger partial charge in [0, 0.05) is 24.9 Å². The van der Waals surface area contributed by atoms with E-state index >= 15 is 0 Å². The van der Waals surface area contributed by atoms with Gasteiger partial charge < -0.3 is 4.84 Å². The topological polar surface area (TPSA) is 68.4 Å². The third-order valence-electron chi connectivity index (χ3n) is 2.89. The molecule has 0 aliphatic carbocycles. The largest absolute Gasteiger partial charge is 0.337 e. The first-order chi connectivity index (χ1) is 9.44. The fourth-order valence-corrected chi connectivity index (χ4v) is 1.84. The van der Waals surface area contributed by atoms with Gasteiger partial charge in [-0.3, -0.25) is 4.90 Å². The van der Waals surface area contributed by atoms with Crippen molar-refractivity contribution in [3.63, 3.8) is 0 Å². The molecule has 22 heavy (non-hydrogen) atoms. The SMILES string of the molecule is C.C=C1ON=C(C(C)(C)C)N1C.Cn1nnnc1C(C)(C)C. The summed E-state index contributed by atoms with van der Waals surface area (Å²) in [6.45, 7) is 16.2. The van der Waals surface area contributed by atoms with E-state index in [1.165, 1.54) is 0 Å². The van der Waals surface area contributed by atoms with Gasteiger partial charge in [-0.25, -0.2) is 4.68 Å². The summed E-state index contributed by atoms with van der Waals surface area (Å²) in [6.07, 6.45) is 0. The van der Waals surface area contributed by atoms with Crippen molar-refractivity contribution in [2.24, 2.45) is 17.6 Å². The predicted molar refractivity (Wildman–Crippen MR) is 89.1 cm³/mol. The molecule has 0 aromatic carbocycles. The van der Waals surface area contributed by atoms with Crippen molar-refractivity contribution in [2.75, 3.05) is 7.05 Å². The molecule has 7 nitrogen and oxygen atoms in total. The molecule has 0 radical (unpaired) electrons. The molecule has 1 aromatic heterocycles. The molecule has 2 heterocycles. The summed E-state index contributed by atoms with van der Waals surface area (Å²) >= 11 is 0. The summed E-state index contributed by atoms with van der Waals surface area (Å²) in [5.74, 6) is 2.42. The molecule has 0 spiro atoms. The molecule has 1 aromatic rings. The van der Waals surface area contributed by atoms with Gasteiger partial charge in [-0.05, 0) is 17.0 Å². The first kappa shape index (κ1) is 20.1. The van der Waals surface area contributed by atoms with Crippen LogP contribution in [0.25, 0.3) is 0 Å². The molecule has 126 valence electrons. The maximum Gasteiger partial charge on any atom is 0.223 e. The number of aromatic nitrogens is 4. The molecule has 0 saturated heterocycles. The number of hydrogen-bond donors (Lipinski definition) is 0. The Morgan fingerprint density at radius 3 is 1.73 bits per heavy atom. The number of hydrogen-bond acceptors (Lipinski definition) is 6. The second kappa shape index (κ2) is 6.89. The third-order valence-corrected chi connectivity index (χ3v) is 2.89. The van der Waals surface area contributed by atoms with Crippen LogP contribution in [0.15, 0.2) is 17.6 Å². The van der Waals surface area contributed by atoms with Crippen molar-refractivity contribution < 1.29 is 4.84 Å². The molecule has 0 saturated carbocycles. The minimum absolute atomic E-state index is 0. The van der Waals surface area contributed by atoms with Gasteiger partial charge >= 0.3 is 0 Å². The zero-order chi connectivity index (χ0) is 16.4. The Hall–Kier alpha value is -1.92. The van der Waals surface area contributed by atoms with Crippen LogP contribution < -0.4 is 0 Å². The highest BCUT2D eigenvalue weighted by Gasteiger charge is 2.29. The van der Waals surface area contributed by atoms with E-state index in [1.54, 1.807) is 4.68 Å². The highest BCUT2D eigenvalue weighted by molar-refractivity contribution is 5.88. The molecule has 1 aliphatic heterocycles. The zero-order valence-corrected chi connectivity index (χ0v) is 14.3. The number of tetrazole rings is 1. The number of oxime groups is 1. The summed E-state index contributed by atoms with van der Waals surface area (Å²) in [6, 6.07) is 0. The minimum atomic E-state index is 0. The molecule has 0 atom stereocenters. The van der Waals surface area contributed by atoms with Gasteiger partial charge in [0.15, 0.2) is 11.7 Å². The van der Waals surface area contributed by atoms with Crippen LogP contribution >= 0.6 is 0 Å². The highest BCUT2D eigenvalue weighted by Crippen LogP contribution is 2.25. The zero-order valence-electron chi connectivity index (χ0n) is 14.3. The van der Waals surface area contributed by atoms with E-state index < -0.39 is 0 Å². The minimum Gasteiger partial charge on any atom is -0.337 e. The normalized spacial score (nSPS) is 14.6. The first-order valence-corrected chi connectivity index (χ1v) is 6.85. The van der Waals surface area contributed by atoms with Gasteiger partial charge in [0.05, 0.1) is 0 Å². The molecule has 0 fully saturated rings. The van der Waals surface area contributed by atoms with Crippen LogP contribution in [0.4, 0.5) is 0 Å². The Labute approximate surface area is 134 Å². The van der Waals surface area contributed by atoms with Crippen molar-refractivity contribution in [3.05, 3.63) is 18.3 Å². The summed E-state index contributed by atoms with van der Waals surface area (Å²) < 4.78 is 1.69. The van der Waals surface area contributed by atoms with Crippen LogP contribution in [0, 0.1) is 5.41 Å². The smallest absolute Gasteiger partial charge is 0.223 e. The van der Waals surface area contributed by atoms with Crippen LogP contribution in [0.5, 0.6) is 0 Å². The quantitative estimate of drug-likeness (QED) is 0.737. The summed E-state index contributed by atoms with van der Waals surface area (Å²) in [5.41, 5.74) is 0.0619. The van der Waals surface area contributed by atoms with Crippen LogP contribution in [-0.4, -0.2) is 38.0 Å². The van der Waals surface area contributed by atoms with E-state index in [2.05, 4.69) is 68.8 Å². The lowest BCUT2D eigenvalue weighted by Crippen LogP contribution is -2.32. The first-order valence-electron chi connectivity index (χ1n) is 6.85. The number of nitrogens with zero attached hydrogens (tertiary/aromatic N) is 6. The van der Waals surface area contributed by atoms with Crippen molar-refractivity contribution in [2.45, 2.75) is 54.4 Å². The van der Waals surface area contributed by atoms with Crippen LogP contribution in [0.3, 0.4) is 0 Å². The average Bonchev–Trinajstić information content (AvgIpc) is 2.86. The lowest BCUT2D eigenvalue weighted by atomic mass is 9.94. The Balaban J connectivity index is 0.000000385. The molecular formula is C15H30N6O. The van der Waals surface area contributed by atoms with Gasteiger partial charge in [-0.15, -0.1) is 5.10 Å². The summed E-state index contributed by atoms with van der Waals surface area (Å²) in [4.78, 5) is 6.78. The number of amidine groups is 1. The lowest BCUT2D eigenvalue weighted by Gasteiger charge is -2.22. The van der Waals surface area contributed by atoms with Gasteiger partial charge in [0.2, 0.25) is 5.88 Å². The molecule has 2 rings (SSSR count). The third kappa shape index (κ3) is 4.82. The second-order valence-electron chi connectivity index (χ2n) is 7.09. The molecule has 0 bridgehead atoms.